The van der Waals surface area contributed by atoms with Gasteiger partial charge in [0.15, 0.2) is 12.1 Å². The first-order chi connectivity index (χ1) is 7.63. The Balaban J connectivity index is 2.56. The van der Waals surface area contributed by atoms with Crippen LogP contribution in [0, 0.1) is 0 Å². The molecule has 1 aromatic heterocycles. The van der Waals surface area contributed by atoms with E-state index >= 15 is 0 Å². The van der Waals surface area contributed by atoms with E-state index in [1.807, 2.05) is 0 Å². The van der Waals surface area contributed by atoms with E-state index in [0.29, 0.717) is 12.0 Å². The predicted molar refractivity (Wildman–Crippen MR) is 59.4 cm³/mol. The van der Waals surface area contributed by atoms with Crippen LogP contribution in [0.25, 0.3) is 5.69 Å². The molecule has 0 unspecified atom stereocenters. The number of anilines is 2. The van der Waals surface area contributed by atoms with Crippen LogP contribution in [-0.2, 0) is 0 Å². The Morgan fingerprint density at radius 2 is 1.88 bits per heavy atom. The molecule has 0 radical (unpaired) electrons. The number of phenolic OH excluding ortho intramolecular Hbond substituents is 1. The molecule has 6 nitrogen and oxygen atoms in total. The van der Waals surface area contributed by atoms with Crippen LogP contribution in [0.5, 0.6) is 5.75 Å². The summed E-state index contributed by atoms with van der Waals surface area (Å²) < 4.78 is 1.35. The molecule has 0 bridgehead atoms. The molecule has 1 aromatic carbocycles. The lowest BCUT2D eigenvalue weighted by Gasteiger charge is -2.03. The number of rotatable bonds is 2. The van der Waals surface area contributed by atoms with Gasteiger partial charge in [0, 0.05) is 0 Å². The molecule has 16 heavy (non-hydrogen) atoms. The molecule has 6 heteroatoms. The Hall–Kier alpha value is -2.50. The molecule has 0 fully saturated rings. The molecule has 0 saturated heterocycles. The first-order valence-electron chi connectivity index (χ1n) is 4.52. The summed E-state index contributed by atoms with van der Waals surface area (Å²) in [7, 11) is 0. The summed E-state index contributed by atoms with van der Waals surface area (Å²) in [5, 5.41) is 13.1. The third kappa shape index (κ3) is 1.46. The fourth-order valence-corrected chi connectivity index (χ4v) is 1.37. The van der Waals surface area contributed by atoms with Gasteiger partial charge in [0.2, 0.25) is 0 Å². The summed E-state index contributed by atoms with van der Waals surface area (Å²) in [5.74, 6) is 0.400. The van der Waals surface area contributed by atoms with Gasteiger partial charge < -0.3 is 16.6 Å². The van der Waals surface area contributed by atoms with Crippen LogP contribution in [-0.4, -0.2) is 21.2 Å². The minimum atomic E-state index is 0.0839. The molecular weight excluding hydrogens is 208 g/mol. The van der Waals surface area contributed by atoms with Crippen molar-refractivity contribution in [1.82, 2.24) is 9.78 Å². The summed E-state index contributed by atoms with van der Waals surface area (Å²) in [6.45, 7) is 0. The second kappa shape index (κ2) is 3.58. The van der Waals surface area contributed by atoms with Gasteiger partial charge >= 0.3 is 0 Å². The molecule has 2 aromatic rings. The van der Waals surface area contributed by atoms with Gasteiger partial charge in [-0.1, -0.05) is 0 Å². The van der Waals surface area contributed by atoms with Gasteiger partial charge in [-0.15, -0.1) is 5.10 Å². The third-order valence-corrected chi connectivity index (χ3v) is 2.20. The Kier molecular flexibility index (Phi) is 2.24. The SMILES string of the molecule is Nc1nn(-c2ccc(O)cc2)c(N)c1C=O. The second-order valence-corrected chi connectivity index (χ2v) is 3.23. The number of hydrogen-bond acceptors (Lipinski definition) is 5. The zero-order valence-electron chi connectivity index (χ0n) is 8.29. The van der Waals surface area contributed by atoms with Crippen LogP contribution in [0.1, 0.15) is 10.4 Å². The summed E-state index contributed by atoms with van der Waals surface area (Å²) in [5.41, 5.74) is 12.0. The Bertz CT molecular complexity index is 530. The van der Waals surface area contributed by atoms with E-state index in [2.05, 4.69) is 5.10 Å². The highest BCUT2D eigenvalue weighted by molar-refractivity contribution is 5.88. The first kappa shape index (κ1) is 10.0. The van der Waals surface area contributed by atoms with Crippen LogP contribution in [0.4, 0.5) is 11.6 Å². The molecule has 0 aliphatic rings. The van der Waals surface area contributed by atoms with Crippen molar-refractivity contribution in [1.29, 1.82) is 0 Å². The van der Waals surface area contributed by atoms with E-state index in [0.717, 1.165) is 0 Å². The number of phenols is 1. The van der Waals surface area contributed by atoms with Crippen molar-refractivity contribution < 1.29 is 9.90 Å². The van der Waals surface area contributed by atoms with Crippen LogP contribution >= 0.6 is 0 Å². The van der Waals surface area contributed by atoms with Crippen molar-refractivity contribution in [3.63, 3.8) is 0 Å². The highest BCUT2D eigenvalue weighted by atomic mass is 16.3. The molecular formula is C10H10N4O2. The lowest BCUT2D eigenvalue weighted by atomic mass is 10.3. The van der Waals surface area contributed by atoms with E-state index in [4.69, 9.17) is 16.6 Å². The molecule has 2 rings (SSSR count). The molecule has 0 saturated carbocycles. The zero-order chi connectivity index (χ0) is 11.7. The van der Waals surface area contributed by atoms with Crippen LogP contribution in [0.2, 0.25) is 0 Å². The highest BCUT2D eigenvalue weighted by Crippen LogP contribution is 2.22. The average Bonchev–Trinajstić information content (AvgIpc) is 2.55. The molecule has 82 valence electrons. The lowest BCUT2D eigenvalue weighted by molar-refractivity contribution is 0.112. The smallest absolute Gasteiger partial charge is 0.158 e. The summed E-state index contributed by atoms with van der Waals surface area (Å²) >= 11 is 0. The monoisotopic (exact) mass is 218 g/mol. The summed E-state index contributed by atoms with van der Waals surface area (Å²) in [6, 6.07) is 6.22. The number of benzene rings is 1. The number of nitrogen functional groups attached to an aromatic ring is 2. The highest BCUT2D eigenvalue weighted by Gasteiger charge is 2.13. The molecule has 0 aliphatic heterocycles. The van der Waals surface area contributed by atoms with Crippen LogP contribution in [0.15, 0.2) is 24.3 Å². The first-order valence-corrected chi connectivity index (χ1v) is 4.52. The number of nitrogens with two attached hydrogens (primary N) is 2. The minimum Gasteiger partial charge on any atom is -0.508 e. The third-order valence-electron chi connectivity index (χ3n) is 2.20. The Morgan fingerprint density at radius 3 is 2.38 bits per heavy atom. The second-order valence-electron chi connectivity index (χ2n) is 3.23. The lowest BCUT2D eigenvalue weighted by Crippen LogP contribution is -2.02. The zero-order valence-corrected chi connectivity index (χ0v) is 8.29. The van der Waals surface area contributed by atoms with Crippen molar-refractivity contribution in [2.24, 2.45) is 0 Å². The van der Waals surface area contributed by atoms with Gasteiger partial charge in [-0.05, 0) is 24.3 Å². The molecule has 0 aliphatic carbocycles. The van der Waals surface area contributed by atoms with E-state index in [1.54, 1.807) is 12.1 Å². The minimum absolute atomic E-state index is 0.0839. The van der Waals surface area contributed by atoms with Crippen molar-refractivity contribution >= 4 is 17.9 Å². The number of nitrogens with zero attached hydrogens (tertiary/aromatic N) is 2. The number of aromatic hydroxyl groups is 1. The van der Waals surface area contributed by atoms with E-state index < -0.39 is 0 Å². The summed E-state index contributed by atoms with van der Waals surface area (Å²) in [4.78, 5) is 10.7. The fourth-order valence-electron chi connectivity index (χ4n) is 1.37. The van der Waals surface area contributed by atoms with Crippen molar-refractivity contribution in [3.05, 3.63) is 29.8 Å². The van der Waals surface area contributed by atoms with Crippen LogP contribution < -0.4 is 11.5 Å². The standard InChI is InChI=1S/C10H10N4O2/c11-9-8(5-15)10(12)14(13-9)6-1-3-7(16)4-2-6/h1-5,16H,12H2,(H2,11,13). The normalized spacial score (nSPS) is 10.2. The van der Waals surface area contributed by atoms with Crippen molar-refractivity contribution in [3.8, 4) is 11.4 Å². The fraction of sp³-hybridized carbons (Fsp3) is 0. The van der Waals surface area contributed by atoms with E-state index in [-0.39, 0.29) is 22.9 Å². The van der Waals surface area contributed by atoms with Crippen LogP contribution in [0.3, 0.4) is 0 Å². The van der Waals surface area contributed by atoms with Gasteiger partial charge in [-0.2, -0.15) is 0 Å². The number of aldehydes is 1. The number of hydrogen-bond donors (Lipinski definition) is 3. The van der Waals surface area contributed by atoms with Crippen molar-refractivity contribution in [2.75, 3.05) is 11.5 Å². The molecule has 0 spiro atoms. The maximum absolute atomic E-state index is 10.7. The number of carbonyl (C=O) groups is 1. The molecule has 5 N–H and O–H groups in total. The maximum atomic E-state index is 10.7. The van der Waals surface area contributed by atoms with Gasteiger partial charge in [-0.3, -0.25) is 4.79 Å². The van der Waals surface area contributed by atoms with Gasteiger partial charge in [-0.25, -0.2) is 4.68 Å². The summed E-state index contributed by atoms with van der Waals surface area (Å²) in [6.07, 6.45) is 0.564. The molecule has 0 amide bonds. The Labute approximate surface area is 91.1 Å². The predicted octanol–water partition coefficient (Wildman–Crippen LogP) is 0.555. The van der Waals surface area contributed by atoms with Gasteiger partial charge in [0.1, 0.15) is 17.1 Å². The van der Waals surface area contributed by atoms with E-state index in [9.17, 15) is 4.79 Å². The maximum Gasteiger partial charge on any atom is 0.158 e. The number of aromatic nitrogens is 2. The average molecular weight is 218 g/mol. The topological polar surface area (TPSA) is 107 Å². The van der Waals surface area contributed by atoms with E-state index in [1.165, 1.54) is 16.8 Å². The van der Waals surface area contributed by atoms with Crippen molar-refractivity contribution in [2.45, 2.75) is 0 Å². The van der Waals surface area contributed by atoms with Gasteiger partial charge in [0.25, 0.3) is 0 Å². The van der Waals surface area contributed by atoms with Gasteiger partial charge in [0.05, 0.1) is 5.69 Å². The number of carbonyl (C=O) groups excluding carboxylic acids is 1. The largest absolute Gasteiger partial charge is 0.508 e. The molecule has 1 heterocycles. The quantitative estimate of drug-likeness (QED) is 0.638. The Morgan fingerprint density at radius 1 is 1.25 bits per heavy atom. The molecule has 0 atom stereocenters.